The average Bonchev–Trinajstić information content (AvgIpc) is 2.54. The Morgan fingerprint density at radius 2 is 2.00 bits per heavy atom. The van der Waals surface area contributed by atoms with Crippen LogP contribution in [0.3, 0.4) is 0 Å². The average molecular weight is 326 g/mol. The van der Waals surface area contributed by atoms with E-state index in [-0.39, 0.29) is 24.3 Å². The van der Waals surface area contributed by atoms with Crippen LogP contribution in [0.4, 0.5) is 13.2 Å². The van der Waals surface area contributed by atoms with E-state index in [1.807, 2.05) is 0 Å². The van der Waals surface area contributed by atoms with Crippen LogP contribution < -0.4 is 5.32 Å². The lowest BCUT2D eigenvalue weighted by atomic mass is 9.89. The second-order valence-electron chi connectivity index (χ2n) is 6.45. The summed E-state index contributed by atoms with van der Waals surface area (Å²) in [6.07, 6.45) is 1.80. The molecule has 0 aromatic heterocycles. The van der Waals surface area contributed by atoms with Crippen LogP contribution in [0, 0.1) is 5.82 Å². The van der Waals surface area contributed by atoms with Gasteiger partial charge < -0.3 is 10.2 Å². The lowest BCUT2D eigenvalue weighted by Gasteiger charge is -2.32. The number of nitrogens with zero attached hydrogens (tertiary/aromatic N) is 1. The maximum absolute atomic E-state index is 14.4. The molecular formula is C17H21F3N2O. The number of carbonyl (C=O) groups excluding carboxylic acids is 1. The van der Waals surface area contributed by atoms with E-state index in [0.717, 1.165) is 30.8 Å². The molecule has 2 saturated heterocycles. The Balaban J connectivity index is 1.75. The van der Waals surface area contributed by atoms with Crippen LogP contribution >= 0.6 is 0 Å². The fourth-order valence-corrected chi connectivity index (χ4v) is 3.45. The summed E-state index contributed by atoms with van der Waals surface area (Å²) in [5, 5.41) is 3.23. The molecule has 126 valence electrons. The number of alkyl halides is 2. The van der Waals surface area contributed by atoms with Crippen LogP contribution in [0.1, 0.15) is 47.5 Å². The smallest absolute Gasteiger partial charge is 0.265 e. The first kappa shape index (κ1) is 16.3. The number of rotatable bonds is 2. The lowest BCUT2D eigenvalue weighted by molar-refractivity contribution is -0.0560. The zero-order chi connectivity index (χ0) is 16.4. The highest BCUT2D eigenvalue weighted by Gasteiger charge is 2.37. The molecule has 6 heteroatoms. The first-order chi connectivity index (χ1) is 11.0. The van der Waals surface area contributed by atoms with Crippen molar-refractivity contribution in [1.29, 1.82) is 0 Å². The minimum absolute atomic E-state index is 0.151. The minimum Gasteiger partial charge on any atom is -0.333 e. The van der Waals surface area contributed by atoms with Gasteiger partial charge in [0.25, 0.3) is 11.8 Å². The molecule has 2 fully saturated rings. The molecule has 1 aromatic carbocycles. The molecule has 1 aromatic rings. The van der Waals surface area contributed by atoms with E-state index in [4.69, 9.17) is 0 Å². The molecule has 0 aliphatic carbocycles. The molecule has 0 radical (unpaired) electrons. The van der Waals surface area contributed by atoms with Gasteiger partial charge in [0.15, 0.2) is 0 Å². The normalized spacial score (nSPS) is 22.1. The molecule has 2 aliphatic heterocycles. The summed E-state index contributed by atoms with van der Waals surface area (Å²) in [5.41, 5.74) is 0.768. The quantitative estimate of drug-likeness (QED) is 0.905. The summed E-state index contributed by atoms with van der Waals surface area (Å²) in [5.74, 6) is -3.62. The zero-order valence-electron chi connectivity index (χ0n) is 13.0. The summed E-state index contributed by atoms with van der Waals surface area (Å²) in [6, 6.07) is 4.41. The Kier molecular flexibility index (Phi) is 4.62. The molecule has 0 bridgehead atoms. The van der Waals surface area contributed by atoms with Crippen molar-refractivity contribution in [3.63, 3.8) is 0 Å². The molecule has 0 spiro atoms. The van der Waals surface area contributed by atoms with E-state index in [0.29, 0.717) is 12.1 Å². The van der Waals surface area contributed by atoms with Crippen LogP contribution in [-0.4, -0.2) is 42.9 Å². The van der Waals surface area contributed by atoms with Crippen molar-refractivity contribution in [2.24, 2.45) is 0 Å². The Labute approximate surface area is 133 Å². The van der Waals surface area contributed by atoms with Crippen molar-refractivity contribution >= 4 is 5.91 Å². The van der Waals surface area contributed by atoms with Crippen molar-refractivity contribution in [1.82, 2.24) is 10.2 Å². The molecule has 1 amide bonds. The van der Waals surface area contributed by atoms with E-state index in [1.165, 1.54) is 6.07 Å². The number of hydrogen-bond acceptors (Lipinski definition) is 2. The van der Waals surface area contributed by atoms with E-state index in [2.05, 4.69) is 5.32 Å². The van der Waals surface area contributed by atoms with Gasteiger partial charge in [0.2, 0.25) is 0 Å². The van der Waals surface area contributed by atoms with E-state index in [9.17, 15) is 18.0 Å². The SMILES string of the molecule is O=C(c1ccc(C2CCNCC2)c(F)c1)N1CCCC(F)(F)C1. The highest BCUT2D eigenvalue weighted by atomic mass is 19.3. The number of halogens is 3. The highest BCUT2D eigenvalue weighted by molar-refractivity contribution is 5.94. The number of benzene rings is 1. The van der Waals surface area contributed by atoms with Crippen LogP contribution in [0.5, 0.6) is 0 Å². The van der Waals surface area contributed by atoms with Gasteiger partial charge in [-0.3, -0.25) is 4.79 Å². The van der Waals surface area contributed by atoms with Crippen LogP contribution in [0.15, 0.2) is 18.2 Å². The van der Waals surface area contributed by atoms with Gasteiger partial charge in [0.1, 0.15) is 5.82 Å². The first-order valence-electron chi connectivity index (χ1n) is 8.13. The number of piperidine rings is 2. The fourth-order valence-electron chi connectivity index (χ4n) is 3.45. The van der Waals surface area contributed by atoms with Gasteiger partial charge in [0, 0.05) is 18.5 Å². The van der Waals surface area contributed by atoms with Crippen LogP contribution in [0.2, 0.25) is 0 Å². The van der Waals surface area contributed by atoms with Crippen molar-refractivity contribution in [3.05, 3.63) is 35.1 Å². The number of likely N-dealkylation sites (tertiary alicyclic amines) is 1. The van der Waals surface area contributed by atoms with E-state index < -0.39 is 24.2 Å². The minimum atomic E-state index is -2.85. The largest absolute Gasteiger partial charge is 0.333 e. The second kappa shape index (κ2) is 6.51. The van der Waals surface area contributed by atoms with Gasteiger partial charge in [-0.05, 0) is 56.0 Å². The van der Waals surface area contributed by atoms with Gasteiger partial charge in [-0.25, -0.2) is 13.2 Å². The number of carbonyl (C=O) groups is 1. The Morgan fingerprint density at radius 3 is 2.65 bits per heavy atom. The maximum Gasteiger partial charge on any atom is 0.265 e. The zero-order valence-corrected chi connectivity index (χ0v) is 13.0. The second-order valence-corrected chi connectivity index (χ2v) is 6.45. The summed E-state index contributed by atoms with van der Waals surface area (Å²) in [4.78, 5) is 13.5. The number of amides is 1. The summed E-state index contributed by atoms with van der Waals surface area (Å²) in [6.45, 7) is 1.43. The van der Waals surface area contributed by atoms with Crippen LogP contribution in [-0.2, 0) is 0 Å². The molecule has 23 heavy (non-hydrogen) atoms. The highest BCUT2D eigenvalue weighted by Crippen LogP contribution is 2.30. The monoisotopic (exact) mass is 326 g/mol. The summed E-state index contributed by atoms with van der Waals surface area (Å²) < 4.78 is 41.3. The number of nitrogens with one attached hydrogen (secondary N) is 1. The Morgan fingerprint density at radius 1 is 1.26 bits per heavy atom. The van der Waals surface area contributed by atoms with Gasteiger partial charge in [-0.15, -0.1) is 0 Å². The van der Waals surface area contributed by atoms with E-state index in [1.54, 1.807) is 12.1 Å². The van der Waals surface area contributed by atoms with Crippen molar-refractivity contribution in [2.75, 3.05) is 26.2 Å². The lowest BCUT2D eigenvalue weighted by Crippen LogP contribution is -2.45. The predicted molar refractivity (Wildman–Crippen MR) is 81.3 cm³/mol. The molecule has 3 rings (SSSR count). The third kappa shape index (κ3) is 3.68. The Bertz CT molecular complexity index is 585. The maximum atomic E-state index is 14.4. The van der Waals surface area contributed by atoms with Crippen LogP contribution in [0.25, 0.3) is 0 Å². The van der Waals surface area contributed by atoms with Crippen molar-refractivity contribution in [3.8, 4) is 0 Å². The van der Waals surface area contributed by atoms with Gasteiger partial charge in [-0.1, -0.05) is 6.07 Å². The summed E-state index contributed by atoms with van der Waals surface area (Å²) >= 11 is 0. The molecule has 2 aliphatic rings. The molecule has 1 N–H and O–H groups in total. The fraction of sp³-hybridized carbons (Fsp3) is 0.588. The molecule has 0 unspecified atom stereocenters. The van der Waals surface area contributed by atoms with Gasteiger partial charge in [0.05, 0.1) is 6.54 Å². The Hall–Kier alpha value is -1.56. The number of hydrogen-bond donors (Lipinski definition) is 1. The topological polar surface area (TPSA) is 32.3 Å². The first-order valence-corrected chi connectivity index (χ1v) is 8.13. The molecule has 0 saturated carbocycles. The summed E-state index contributed by atoms with van der Waals surface area (Å²) in [7, 11) is 0. The third-order valence-electron chi connectivity index (χ3n) is 4.71. The molecule has 0 atom stereocenters. The van der Waals surface area contributed by atoms with Gasteiger partial charge >= 0.3 is 0 Å². The third-order valence-corrected chi connectivity index (χ3v) is 4.71. The van der Waals surface area contributed by atoms with Crippen molar-refractivity contribution in [2.45, 2.75) is 37.5 Å². The standard InChI is InChI=1S/C17H21F3N2O/c18-15-10-13(2-3-14(15)12-4-7-21-8-5-12)16(23)22-9-1-6-17(19,20)11-22/h2-3,10,12,21H,1,4-9,11H2. The van der Waals surface area contributed by atoms with E-state index >= 15 is 0 Å². The molecular weight excluding hydrogens is 305 g/mol. The molecule has 3 nitrogen and oxygen atoms in total. The predicted octanol–water partition coefficient (Wildman–Crippen LogP) is 3.16. The molecule has 2 heterocycles. The van der Waals surface area contributed by atoms with Gasteiger partial charge in [-0.2, -0.15) is 0 Å². The van der Waals surface area contributed by atoms with Crippen molar-refractivity contribution < 1.29 is 18.0 Å².